The molecule has 2 aromatic heterocycles. The summed E-state index contributed by atoms with van der Waals surface area (Å²) < 4.78 is 8.97. The molecule has 0 spiro atoms. The van der Waals surface area contributed by atoms with Crippen molar-refractivity contribution in [3.8, 4) is 11.4 Å². The number of carbonyl (C=O) groups is 1. The monoisotopic (exact) mass is 417 g/mol. The van der Waals surface area contributed by atoms with Crippen molar-refractivity contribution in [3.63, 3.8) is 0 Å². The van der Waals surface area contributed by atoms with E-state index in [9.17, 15) is 9.90 Å². The molecule has 0 amide bonds. The fraction of sp³-hybridized carbons (Fsp3) is 0.294. The maximum absolute atomic E-state index is 12.2. The average molecular weight is 418 g/mol. The highest BCUT2D eigenvalue weighted by molar-refractivity contribution is 9.10. The molecule has 1 N–H and O–H groups in total. The second-order valence-corrected chi connectivity index (χ2v) is 7.20. The molecule has 0 bridgehead atoms. The van der Waals surface area contributed by atoms with Gasteiger partial charge in [-0.1, -0.05) is 21.1 Å². The molecule has 1 aliphatic carbocycles. The lowest BCUT2D eigenvalue weighted by molar-refractivity contribution is 0.0599. The Morgan fingerprint density at radius 3 is 2.81 bits per heavy atom. The first-order chi connectivity index (χ1) is 12.5. The number of benzene rings is 1. The van der Waals surface area contributed by atoms with E-state index in [1.165, 1.54) is 13.3 Å². The zero-order chi connectivity index (χ0) is 18.4. The highest BCUT2D eigenvalue weighted by Crippen LogP contribution is 2.55. The van der Waals surface area contributed by atoms with Crippen LogP contribution < -0.4 is 0 Å². The molecule has 0 radical (unpaired) electrons. The topological polar surface area (TPSA) is 95.1 Å². The third-order valence-electron chi connectivity index (χ3n) is 4.47. The maximum atomic E-state index is 12.2. The van der Waals surface area contributed by atoms with E-state index >= 15 is 0 Å². The molecular weight excluding hydrogens is 402 g/mol. The summed E-state index contributed by atoms with van der Waals surface area (Å²) in [4.78, 5) is 12.2. The van der Waals surface area contributed by atoms with Gasteiger partial charge in [-0.15, -0.1) is 5.10 Å². The Bertz CT molecular complexity index is 976. The van der Waals surface area contributed by atoms with Crippen LogP contribution in [0.1, 0.15) is 40.0 Å². The summed E-state index contributed by atoms with van der Waals surface area (Å²) in [6.45, 7) is 0. The zero-order valence-electron chi connectivity index (χ0n) is 14.1. The third kappa shape index (κ3) is 2.88. The van der Waals surface area contributed by atoms with Crippen LogP contribution in [0.5, 0.6) is 5.75 Å². The molecule has 134 valence electrons. The van der Waals surface area contributed by atoms with Gasteiger partial charge in [-0.3, -0.25) is 4.68 Å². The minimum absolute atomic E-state index is 0.0735. The Labute approximate surface area is 157 Å². The van der Waals surface area contributed by atoms with E-state index in [0.717, 1.165) is 22.3 Å². The van der Waals surface area contributed by atoms with Crippen LogP contribution >= 0.6 is 15.9 Å². The summed E-state index contributed by atoms with van der Waals surface area (Å²) in [5.41, 5.74) is 2.72. The highest BCUT2D eigenvalue weighted by Gasteiger charge is 2.46. The molecule has 8 nitrogen and oxygen atoms in total. The lowest BCUT2D eigenvalue weighted by Crippen LogP contribution is -2.08. The SMILES string of the molecule is COC(=O)c1cnn(-c2cc(O)cc(Br)c2)c1[C@H]1C[C@@H]1c1cn(C)nn1. The van der Waals surface area contributed by atoms with Crippen LogP contribution in [0.2, 0.25) is 0 Å². The number of nitrogens with zero attached hydrogens (tertiary/aromatic N) is 5. The Hall–Kier alpha value is -2.68. The highest BCUT2D eigenvalue weighted by atomic mass is 79.9. The van der Waals surface area contributed by atoms with Crippen LogP contribution in [-0.2, 0) is 11.8 Å². The van der Waals surface area contributed by atoms with Crippen molar-refractivity contribution >= 4 is 21.9 Å². The quantitative estimate of drug-likeness (QED) is 0.655. The summed E-state index contributed by atoms with van der Waals surface area (Å²) in [6.07, 6.45) is 4.23. The Morgan fingerprint density at radius 1 is 1.35 bits per heavy atom. The normalized spacial score (nSPS) is 18.7. The van der Waals surface area contributed by atoms with Gasteiger partial charge >= 0.3 is 5.97 Å². The number of ether oxygens (including phenoxy) is 1. The smallest absolute Gasteiger partial charge is 0.341 e. The van der Waals surface area contributed by atoms with Gasteiger partial charge < -0.3 is 9.84 Å². The number of hydrogen-bond donors (Lipinski definition) is 1. The molecule has 3 aromatic rings. The van der Waals surface area contributed by atoms with Crippen LogP contribution in [-0.4, -0.2) is 43.0 Å². The Kier molecular flexibility index (Phi) is 4.03. The van der Waals surface area contributed by atoms with Crippen molar-refractivity contribution in [3.05, 3.63) is 52.0 Å². The van der Waals surface area contributed by atoms with Crippen LogP contribution in [0.4, 0.5) is 0 Å². The van der Waals surface area contributed by atoms with Gasteiger partial charge in [0, 0.05) is 35.6 Å². The van der Waals surface area contributed by atoms with Crippen molar-refractivity contribution in [2.45, 2.75) is 18.3 Å². The molecule has 0 unspecified atom stereocenters. The van der Waals surface area contributed by atoms with E-state index in [1.807, 2.05) is 19.3 Å². The summed E-state index contributed by atoms with van der Waals surface area (Å²) in [5.74, 6) is -0.0836. The van der Waals surface area contributed by atoms with Crippen LogP contribution in [0, 0.1) is 0 Å². The molecule has 0 aliphatic heterocycles. The first kappa shape index (κ1) is 16.8. The van der Waals surface area contributed by atoms with Gasteiger partial charge in [-0.25, -0.2) is 9.48 Å². The fourth-order valence-electron chi connectivity index (χ4n) is 3.23. The summed E-state index contributed by atoms with van der Waals surface area (Å²) in [5, 5.41) is 22.5. The van der Waals surface area contributed by atoms with E-state index in [1.54, 1.807) is 21.5 Å². The predicted octanol–water partition coefficient (Wildman–Crippen LogP) is 2.53. The fourth-order valence-corrected chi connectivity index (χ4v) is 3.70. The van der Waals surface area contributed by atoms with Gasteiger partial charge in [0.2, 0.25) is 0 Å². The van der Waals surface area contributed by atoms with Gasteiger partial charge in [0.25, 0.3) is 0 Å². The number of halogens is 1. The minimum Gasteiger partial charge on any atom is -0.508 e. The molecule has 2 atom stereocenters. The standard InChI is InChI=1S/C17H16BrN5O3/c1-22-8-15(20-21-22)12-6-13(12)16-14(17(25)26-2)7-19-23(16)10-3-9(18)4-11(24)5-10/h3-5,7-8,12-13,24H,6H2,1-2H3/t12-,13-/m0/s1. The van der Waals surface area contributed by atoms with Crippen molar-refractivity contribution in [2.75, 3.05) is 7.11 Å². The van der Waals surface area contributed by atoms with Gasteiger partial charge in [0.05, 0.1) is 30.4 Å². The lowest BCUT2D eigenvalue weighted by atomic mass is 10.1. The predicted molar refractivity (Wildman–Crippen MR) is 95.4 cm³/mol. The molecule has 1 fully saturated rings. The van der Waals surface area contributed by atoms with Gasteiger partial charge in [-0.05, 0) is 18.6 Å². The average Bonchev–Trinajstić information content (AvgIpc) is 3.05. The number of methoxy groups -OCH3 is 1. The van der Waals surface area contributed by atoms with Crippen molar-refractivity contribution in [2.24, 2.45) is 7.05 Å². The van der Waals surface area contributed by atoms with E-state index < -0.39 is 5.97 Å². The molecule has 1 aromatic carbocycles. The van der Waals surface area contributed by atoms with E-state index in [-0.39, 0.29) is 17.6 Å². The third-order valence-corrected chi connectivity index (χ3v) is 4.92. The Morgan fingerprint density at radius 2 is 2.15 bits per heavy atom. The number of phenols is 1. The molecule has 0 saturated heterocycles. The number of carbonyl (C=O) groups excluding carboxylic acids is 1. The van der Waals surface area contributed by atoms with Crippen LogP contribution in [0.15, 0.2) is 35.1 Å². The molecule has 2 heterocycles. The van der Waals surface area contributed by atoms with Crippen molar-refractivity contribution < 1.29 is 14.6 Å². The number of aryl methyl sites for hydroxylation is 1. The van der Waals surface area contributed by atoms with Gasteiger partial charge in [0.1, 0.15) is 11.3 Å². The number of aromatic hydroxyl groups is 1. The van der Waals surface area contributed by atoms with Crippen molar-refractivity contribution in [1.29, 1.82) is 0 Å². The number of hydrogen-bond acceptors (Lipinski definition) is 6. The molecule has 1 saturated carbocycles. The summed E-state index contributed by atoms with van der Waals surface area (Å²) in [7, 11) is 3.17. The summed E-state index contributed by atoms with van der Waals surface area (Å²) >= 11 is 3.37. The molecule has 26 heavy (non-hydrogen) atoms. The lowest BCUT2D eigenvalue weighted by Gasteiger charge is -2.10. The first-order valence-electron chi connectivity index (χ1n) is 8.00. The number of rotatable bonds is 4. The molecule has 9 heteroatoms. The van der Waals surface area contributed by atoms with E-state index in [4.69, 9.17) is 4.74 Å². The number of aromatic nitrogens is 5. The minimum atomic E-state index is -0.435. The molecular formula is C17H16BrN5O3. The summed E-state index contributed by atoms with van der Waals surface area (Å²) in [6, 6.07) is 5.02. The first-order valence-corrected chi connectivity index (χ1v) is 8.79. The molecule has 4 rings (SSSR count). The van der Waals surface area contributed by atoms with Crippen LogP contribution in [0.25, 0.3) is 5.69 Å². The van der Waals surface area contributed by atoms with Crippen LogP contribution in [0.3, 0.4) is 0 Å². The second-order valence-electron chi connectivity index (χ2n) is 6.28. The van der Waals surface area contributed by atoms with E-state index in [2.05, 4.69) is 31.3 Å². The van der Waals surface area contributed by atoms with E-state index in [0.29, 0.717) is 11.3 Å². The van der Waals surface area contributed by atoms with Crippen molar-refractivity contribution in [1.82, 2.24) is 24.8 Å². The number of phenolic OH excluding ortho intramolecular Hbond substituents is 1. The largest absolute Gasteiger partial charge is 0.508 e. The zero-order valence-corrected chi connectivity index (χ0v) is 15.7. The second kappa shape index (κ2) is 6.24. The maximum Gasteiger partial charge on any atom is 0.341 e. The molecule has 1 aliphatic rings. The number of esters is 1. The van der Waals surface area contributed by atoms with Gasteiger partial charge in [-0.2, -0.15) is 5.10 Å². The van der Waals surface area contributed by atoms with Gasteiger partial charge in [0.15, 0.2) is 0 Å². The Balaban J connectivity index is 1.79.